The maximum absolute atomic E-state index is 11.5. The summed E-state index contributed by atoms with van der Waals surface area (Å²) in [5.41, 5.74) is 4.23. The molecular weight excluding hydrogens is 300 g/mol. The average molecular weight is 328 g/mol. The second-order valence-electron chi connectivity index (χ2n) is 8.47. The van der Waals surface area contributed by atoms with Crippen molar-refractivity contribution < 1.29 is 14.6 Å². The molecule has 0 bridgehead atoms. The average Bonchev–Trinajstić information content (AvgIpc) is 2.83. The zero-order chi connectivity index (χ0) is 17.1. The minimum Gasteiger partial charge on any atom is -0.508 e. The van der Waals surface area contributed by atoms with Crippen LogP contribution in [0.1, 0.15) is 68.6 Å². The van der Waals surface area contributed by atoms with Crippen LogP contribution in [0, 0.1) is 24.2 Å². The Labute approximate surface area is 144 Å². The number of fused-ring (bicyclic) bond motifs is 5. The third-order valence-electron chi connectivity index (χ3n) is 7.28. The van der Waals surface area contributed by atoms with Crippen LogP contribution in [-0.2, 0) is 16.0 Å². The van der Waals surface area contributed by atoms with Gasteiger partial charge >= 0.3 is 5.97 Å². The molecule has 3 aliphatic rings. The standard InChI is InChI=1S/C21H28O3/c1-12-10-14(23)11-18-15(12)4-5-17-16(18)8-9-21(3)19(17)6-7-20(21)24-13(2)22/h10-11,16-17,19-20,23H,4-9H2,1-3H3/t16-,17+,19-,20-,21-/m0/s1. The van der Waals surface area contributed by atoms with Crippen molar-refractivity contribution in [2.24, 2.45) is 17.3 Å². The minimum absolute atomic E-state index is 0.0910. The highest BCUT2D eigenvalue weighted by molar-refractivity contribution is 5.66. The molecule has 0 unspecified atom stereocenters. The highest BCUT2D eigenvalue weighted by Gasteiger charge is 2.56. The summed E-state index contributed by atoms with van der Waals surface area (Å²) in [5, 5.41) is 10.1. The van der Waals surface area contributed by atoms with E-state index in [1.807, 2.05) is 12.1 Å². The van der Waals surface area contributed by atoms with E-state index in [0.717, 1.165) is 25.7 Å². The number of aryl methyl sites for hydroxylation is 1. The molecule has 3 heteroatoms. The Morgan fingerprint density at radius 1 is 1.25 bits per heavy atom. The lowest BCUT2D eigenvalue weighted by atomic mass is 9.55. The van der Waals surface area contributed by atoms with E-state index in [1.54, 1.807) is 0 Å². The monoisotopic (exact) mass is 328 g/mol. The van der Waals surface area contributed by atoms with Crippen molar-refractivity contribution in [2.75, 3.05) is 0 Å². The molecule has 0 aromatic heterocycles. The third-order valence-corrected chi connectivity index (χ3v) is 7.28. The summed E-state index contributed by atoms with van der Waals surface area (Å²) in [7, 11) is 0. The van der Waals surface area contributed by atoms with E-state index in [9.17, 15) is 9.90 Å². The van der Waals surface area contributed by atoms with Gasteiger partial charge in [-0.2, -0.15) is 0 Å². The summed E-state index contributed by atoms with van der Waals surface area (Å²) in [4.78, 5) is 11.5. The quantitative estimate of drug-likeness (QED) is 0.773. The molecule has 0 amide bonds. The summed E-state index contributed by atoms with van der Waals surface area (Å²) in [6.45, 7) is 6.00. The Morgan fingerprint density at radius 3 is 2.79 bits per heavy atom. The van der Waals surface area contributed by atoms with Crippen LogP contribution >= 0.6 is 0 Å². The van der Waals surface area contributed by atoms with E-state index in [1.165, 1.54) is 36.5 Å². The summed E-state index contributed by atoms with van der Waals surface area (Å²) < 4.78 is 5.69. The molecule has 130 valence electrons. The van der Waals surface area contributed by atoms with Gasteiger partial charge < -0.3 is 9.84 Å². The highest BCUT2D eigenvalue weighted by atomic mass is 16.5. The Morgan fingerprint density at radius 2 is 2.04 bits per heavy atom. The molecule has 5 atom stereocenters. The SMILES string of the molecule is CC(=O)O[C@H]1CC[C@H]2[C@@H]3CCc4c(C)cc(O)cc4[C@H]3CC[C@]12C. The molecule has 3 nitrogen and oxygen atoms in total. The van der Waals surface area contributed by atoms with E-state index < -0.39 is 0 Å². The minimum atomic E-state index is -0.140. The smallest absolute Gasteiger partial charge is 0.302 e. The van der Waals surface area contributed by atoms with Crippen molar-refractivity contribution in [2.45, 2.75) is 71.3 Å². The molecule has 3 aliphatic carbocycles. The van der Waals surface area contributed by atoms with E-state index in [2.05, 4.69) is 13.8 Å². The van der Waals surface area contributed by atoms with Crippen LogP contribution in [0.5, 0.6) is 5.75 Å². The van der Waals surface area contributed by atoms with E-state index in [4.69, 9.17) is 4.74 Å². The molecule has 4 rings (SSSR count). The molecule has 2 saturated carbocycles. The number of phenolic OH excluding ortho intramolecular Hbond substituents is 1. The number of rotatable bonds is 1. The number of aromatic hydroxyl groups is 1. The van der Waals surface area contributed by atoms with Gasteiger partial charge in [-0.1, -0.05) is 6.92 Å². The van der Waals surface area contributed by atoms with Gasteiger partial charge in [-0.25, -0.2) is 0 Å². The molecule has 1 N–H and O–H groups in total. The number of carbonyl (C=O) groups excluding carboxylic acids is 1. The number of hydrogen-bond donors (Lipinski definition) is 1. The normalized spacial score (nSPS) is 37.3. The van der Waals surface area contributed by atoms with Gasteiger partial charge in [0, 0.05) is 12.3 Å². The van der Waals surface area contributed by atoms with Crippen LogP contribution in [0.25, 0.3) is 0 Å². The van der Waals surface area contributed by atoms with Gasteiger partial charge in [0.2, 0.25) is 0 Å². The first kappa shape index (κ1) is 16.0. The number of esters is 1. The molecule has 2 fully saturated rings. The number of phenols is 1. The Balaban J connectivity index is 1.66. The first-order chi connectivity index (χ1) is 11.4. The molecule has 0 saturated heterocycles. The molecule has 24 heavy (non-hydrogen) atoms. The van der Waals surface area contributed by atoms with Gasteiger partial charge in [-0.15, -0.1) is 0 Å². The van der Waals surface area contributed by atoms with Gasteiger partial charge in [0.15, 0.2) is 0 Å². The van der Waals surface area contributed by atoms with Gasteiger partial charge in [0.25, 0.3) is 0 Å². The summed E-state index contributed by atoms with van der Waals surface area (Å²) >= 11 is 0. The second-order valence-corrected chi connectivity index (χ2v) is 8.47. The lowest BCUT2D eigenvalue weighted by Crippen LogP contribution is -2.45. The van der Waals surface area contributed by atoms with Gasteiger partial charge in [-0.05, 0) is 92.0 Å². The fourth-order valence-electron chi connectivity index (χ4n) is 6.23. The zero-order valence-corrected chi connectivity index (χ0v) is 15.0. The van der Waals surface area contributed by atoms with Crippen LogP contribution in [-0.4, -0.2) is 17.2 Å². The molecule has 0 aliphatic heterocycles. The third kappa shape index (κ3) is 2.28. The largest absolute Gasteiger partial charge is 0.508 e. The van der Waals surface area contributed by atoms with Crippen LogP contribution in [0.2, 0.25) is 0 Å². The maximum atomic E-state index is 11.5. The second kappa shape index (κ2) is 5.50. The van der Waals surface area contributed by atoms with Gasteiger partial charge in [0.05, 0.1) is 0 Å². The summed E-state index contributed by atoms with van der Waals surface area (Å²) in [6.07, 6.45) is 6.88. The van der Waals surface area contributed by atoms with Crippen molar-refractivity contribution in [3.8, 4) is 5.75 Å². The van der Waals surface area contributed by atoms with Crippen molar-refractivity contribution >= 4 is 5.97 Å². The Kier molecular flexibility index (Phi) is 3.67. The molecule has 0 heterocycles. The first-order valence-electron chi connectivity index (χ1n) is 9.40. The van der Waals surface area contributed by atoms with Crippen LogP contribution in [0.4, 0.5) is 0 Å². The Hall–Kier alpha value is -1.51. The predicted molar refractivity (Wildman–Crippen MR) is 93.0 cm³/mol. The highest BCUT2D eigenvalue weighted by Crippen LogP contribution is 2.61. The molecule has 1 aromatic rings. The summed E-state index contributed by atoms with van der Waals surface area (Å²) in [6, 6.07) is 3.92. The molecule has 0 radical (unpaired) electrons. The Bertz CT molecular complexity index is 680. The van der Waals surface area contributed by atoms with Crippen molar-refractivity contribution in [1.29, 1.82) is 0 Å². The summed E-state index contributed by atoms with van der Waals surface area (Å²) in [5.74, 6) is 2.13. The van der Waals surface area contributed by atoms with Gasteiger partial charge in [0.1, 0.15) is 11.9 Å². The number of benzene rings is 1. The fraction of sp³-hybridized carbons (Fsp3) is 0.667. The van der Waals surface area contributed by atoms with Crippen LogP contribution in [0.3, 0.4) is 0 Å². The lowest BCUT2D eigenvalue weighted by molar-refractivity contribution is -0.154. The van der Waals surface area contributed by atoms with Crippen molar-refractivity contribution in [3.63, 3.8) is 0 Å². The van der Waals surface area contributed by atoms with E-state index in [-0.39, 0.29) is 17.5 Å². The molecule has 0 spiro atoms. The molecule has 1 aromatic carbocycles. The topological polar surface area (TPSA) is 46.5 Å². The van der Waals surface area contributed by atoms with E-state index >= 15 is 0 Å². The predicted octanol–water partition coefficient (Wildman–Crippen LogP) is 4.49. The first-order valence-corrected chi connectivity index (χ1v) is 9.40. The fourth-order valence-corrected chi connectivity index (χ4v) is 6.23. The molecular formula is C21H28O3. The lowest BCUT2D eigenvalue weighted by Gasteiger charge is -2.50. The zero-order valence-electron chi connectivity index (χ0n) is 15.0. The van der Waals surface area contributed by atoms with Crippen molar-refractivity contribution in [1.82, 2.24) is 0 Å². The van der Waals surface area contributed by atoms with E-state index in [0.29, 0.717) is 23.5 Å². The maximum Gasteiger partial charge on any atom is 0.302 e. The van der Waals surface area contributed by atoms with Gasteiger partial charge in [-0.3, -0.25) is 4.79 Å². The van der Waals surface area contributed by atoms with Crippen molar-refractivity contribution in [3.05, 3.63) is 28.8 Å². The number of carbonyl (C=O) groups is 1. The number of ether oxygens (including phenoxy) is 1. The van der Waals surface area contributed by atoms with Crippen LogP contribution in [0.15, 0.2) is 12.1 Å². The van der Waals surface area contributed by atoms with Crippen LogP contribution < -0.4 is 0 Å². The number of hydrogen-bond acceptors (Lipinski definition) is 3.